The van der Waals surface area contributed by atoms with E-state index in [1.807, 2.05) is 0 Å². The maximum atomic E-state index is 10.4. The highest BCUT2D eigenvalue weighted by molar-refractivity contribution is 7.99. The van der Waals surface area contributed by atoms with Crippen molar-refractivity contribution >= 4 is 34.7 Å². The average Bonchev–Trinajstić information content (AvgIpc) is 3.17. The van der Waals surface area contributed by atoms with E-state index in [9.17, 15) is 10.2 Å². The predicted octanol–water partition coefficient (Wildman–Crippen LogP) is -1.41. The molecule has 6 N–H and O–H groups in total. The van der Waals surface area contributed by atoms with Gasteiger partial charge in [0.25, 0.3) is 0 Å². The van der Waals surface area contributed by atoms with Gasteiger partial charge in [-0.05, 0) is 0 Å². The summed E-state index contributed by atoms with van der Waals surface area (Å²) in [5, 5.41) is 21.1. The summed E-state index contributed by atoms with van der Waals surface area (Å²) in [7, 11) is 0. The van der Waals surface area contributed by atoms with Gasteiger partial charge in [0.2, 0.25) is 5.95 Å². The number of aliphatic hydroxyl groups is 2. The van der Waals surface area contributed by atoms with E-state index in [0.29, 0.717) is 22.1 Å². The summed E-state index contributed by atoms with van der Waals surface area (Å²) in [4.78, 5) is 23.8. The zero-order valence-corrected chi connectivity index (χ0v) is 14.1. The molecule has 4 atom stereocenters. The van der Waals surface area contributed by atoms with E-state index in [1.165, 1.54) is 35.3 Å². The molecular formula is C13H15N9O3S. The zero-order chi connectivity index (χ0) is 18.3. The van der Waals surface area contributed by atoms with Crippen molar-refractivity contribution < 1.29 is 14.9 Å². The van der Waals surface area contributed by atoms with Gasteiger partial charge in [0, 0.05) is 5.75 Å². The Morgan fingerprint density at radius 3 is 2.69 bits per heavy atom. The number of fused-ring (bicyclic) bond motifs is 1. The lowest BCUT2D eigenvalue weighted by atomic mass is 10.1. The molecule has 136 valence electrons. The van der Waals surface area contributed by atoms with Crippen LogP contribution in [0.15, 0.2) is 24.1 Å². The second kappa shape index (κ2) is 6.60. The minimum Gasteiger partial charge on any atom is -0.387 e. The monoisotopic (exact) mass is 377 g/mol. The molecule has 26 heavy (non-hydrogen) atoms. The first-order chi connectivity index (χ1) is 12.5. The van der Waals surface area contributed by atoms with Crippen molar-refractivity contribution in [3.63, 3.8) is 0 Å². The lowest BCUT2D eigenvalue weighted by Gasteiger charge is -2.16. The molecule has 12 nitrogen and oxygen atoms in total. The summed E-state index contributed by atoms with van der Waals surface area (Å²) in [6.07, 6.45) is 0.245. The van der Waals surface area contributed by atoms with Crippen molar-refractivity contribution in [3.05, 3.63) is 19.0 Å². The number of aliphatic hydroxyl groups excluding tert-OH is 2. The van der Waals surface area contributed by atoms with Crippen LogP contribution in [-0.4, -0.2) is 68.7 Å². The summed E-state index contributed by atoms with van der Waals surface area (Å²) in [5.41, 5.74) is 12.1. The van der Waals surface area contributed by atoms with Crippen LogP contribution < -0.4 is 11.5 Å². The molecule has 1 fully saturated rings. The Morgan fingerprint density at radius 1 is 1.08 bits per heavy atom. The number of thioether (sulfide) groups is 1. The number of imidazole rings is 1. The molecular weight excluding hydrogens is 362 g/mol. The summed E-state index contributed by atoms with van der Waals surface area (Å²) in [6.45, 7) is 0. The van der Waals surface area contributed by atoms with Gasteiger partial charge in [-0.2, -0.15) is 4.98 Å². The Morgan fingerprint density at radius 2 is 1.88 bits per heavy atom. The van der Waals surface area contributed by atoms with Gasteiger partial charge in [-0.1, -0.05) is 11.8 Å². The number of nitrogen functional groups attached to an aromatic ring is 2. The quantitative estimate of drug-likeness (QED) is 0.390. The largest absolute Gasteiger partial charge is 0.387 e. The molecule has 1 aliphatic heterocycles. The van der Waals surface area contributed by atoms with Gasteiger partial charge in [0.15, 0.2) is 22.8 Å². The number of hydrogen-bond acceptors (Lipinski definition) is 12. The van der Waals surface area contributed by atoms with Crippen LogP contribution in [-0.2, 0) is 4.74 Å². The molecule has 0 saturated carbocycles. The van der Waals surface area contributed by atoms with Crippen molar-refractivity contribution in [2.24, 2.45) is 0 Å². The summed E-state index contributed by atoms with van der Waals surface area (Å²) < 4.78 is 7.35. The molecule has 0 unspecified atom stereocenters. The standard InChI is InChI=1S/C13H15N9O3S/c14-9-6-10(17-2-16-9)22(4-20-6)11-8(24)7(23)5(25-11)1-26-13-19-3-18-12(15)21-13/h2-5,7-8,11,23-24H,1H2,(H2,14,16,17)(H2,15,18,19,21)/t5-,7-,8-,11-/m1/s1. The number of nitrogens with zero attached hydrogens (tertiary/aromatic N) is 7. The van der Waals surface area contributed by atoms with Crippen LogP contribution in [0.3, 0.4) is 0 Å². The smallest absolute Gasteiger partial charge is 0.223 e. The van der Waals surface area contributed by atoms with E-state index in [2.05, 4.69) is 29.9 Å². The fourth-order valence-electron chi connectivity index (χ4n) is 2.67. The summed E-state index contributed by atoms with van der Waals surface area (Å²) >= 11 is 1.23. The van der Waals surface area contributed by atoms with E-state index in [0.717, 1.165) is 0 Å². The van der Waals surface area contributed by atoms with Gasteiger partial charge in [0.05, 0.1) is 12.4 Å². The van der Waals surface area contributed by atoms with Crippen LogP contribution in [0.1, 0.15) is 6.23 Å². The highest BCUT2D eigenvalue weighted by atomic mass is 32.2. The molecule has 0 aromatic carbocycles. The van der Waals surface area contributed by atoms with Crippen molar-refractivity contribution in [2.45, 2.75) is 29.7 Å². The van der Waals surface area contributed by atoms with Crippen molar-refractivity contribution in [1.29, 1.82) is 0 Å². The molecule has 1 saturated heterocycles. The number of anilines is 2. The fourth-order valence-corrected chi connectivity index (χ4v) is 3.54. The molecule has 3 aromatic heterocycles. The van der Waals surface area contributed by atoms with Crippen LogP contribution in [0, 0.1) is 0 Å². The van der Waals surface area contributed by atoms with Crippen LogP contribution >= 0.6 is 11.8 Å². The maximum Gasteiger partial charge on any atom is 0.223 e. The Hall–Kier alpha value is -2.61. The predicted molar refractivity (Wildman–Crippen MR) is 90.6 cm³/mol. The Kier molecular flexibility index (Phi) is 4.28. The summed E-state index contributed by atoms with van der Waals surface area (Å²) in [6, 6.07) is 0. The molecule has 0 spiro atoms. The molecule has 3 aromatic rings. The third-order valence-electron chi connectivity index (χ3n) is 3.94. The zero-order valence-electron chi connectivity index (χ0n) is 13.2. The number of aromatic nitrogens is 7. The first kappa shape index (κ1) is 16.8. The average molecular weight is 377 g/mol. The van der Waals surface area contributed by atoms with Crippen LogP contribution in [0.25, 0.3) is 11.2 Å². The SMILES string of the molecule is Nc1ncnc(SC[C@H]2O[C@@H](n3cnc4c(N)ncnc43)[C@H](O)[C@@H]2O)n1. The lowest BCUT2D eigenvalue weighted by Crippen LogP contribution is -2.32. The molecule has 0 bridgehead atoms. The molecule has 0 aliphatic carbocycles. The second-order valence-electron chi connectivity index (χ2n) is 5.57. The normalized spacial score (nSPS) is 25.8. The topological polar surface area (TPSA) is 184 Å². The number of hydrogen-bond donors (Lipinski definition) is 4. The van der Waals surface area contributed by atoms with E-state index >= 15 is 0 Å². The van der Waals surface area contributed by atoms with Crippen molar-refractivity contribution in [2.75, 3.05) is 17.2 Å². The fraction of sp³-hybridized carbons (Fsp3) is 0.385. The minimum atomic E-state index is -1.17. The number of rotatable bonds is 4. The van der Waals surface area contributed by atoms with Gasteiger partial charge in [-0.3, -0.25) is 4.57 Å². The first-order valence-corrected chi connectivity index (χ1v) is 8.55. The third kappa shape index (κ3) is 2.90. The Bertz CT molecular complexity index is 938. The minimum absolute atomic E-state index is 0.107. The second-order valence-corrected chi connectivity index (χ2v) is 6.55. The van der Waals surface area contributed by atoms with E-state index in [-0.39, 0.29) is 11.8 Å². The van der Waals surface area contributed by atoms with Crippen LogP contribution in [0.5, 0.6) is 0 Å². The lowest BCUT2D eigenvalue weighted by molar-refractivity contribution is -0.0289. The molecule has 4 heterocycles. The van der Waals surface area contributed by atoms with Gasteiger partial charge in [0.1, 0.15) is 30.4 Å². The van der Waals surface area contributed by atoms with Crippen molar-refractivity contribution in [3.8, 4) is 0 Å². The van der Waals surface area contributed by atoms with Gasteiger partial charge in [-0.15, -0.1) is 0 Å². The molecule has 4 rings (SSSR count). The van der Waals surface area contributed by atoms with E-state index < -0.39 is 24.5 Å². The van der Waals surface area contributed by atoms with E-state index in [4.69, 9.17) is 16.2 Å². The molecule has 1 aliphatic rings. The highest BCUT2D eigenvalue weighted by Crippen LogP contribution is 2.34. The van der Waals surface area contributed by atoms with Gasteiger partial charge >= 0.3 is 0 Å². The number of ether oxygens (including phenoxy) is 1. The third-order valence-corrected chi connectivity index (χ3v) is 4.89. The van der Waals surface area contributed by atoms with Crippen molar-refractivity contribution in [1.82, 2.24) is 34.5 Å². The number of nitrogens with two attached hydrogens (primary N) is 2. The Labute approximate surface area is 150 Å². The Balaban J connectivity index is 1.53. The first-order valence-electron chi connectivity index (χ1n) is 7.56. The highest BCUT2D eigenvalue weighted by Gasteiger charge is 2.44. The van der Waals surface area contributed by atoms with E-state index in [1.54, 1.807) is 0 Å². The van der Waals surface area contributed by atoms with Crippen LogP contribution in [0.4, 0.5) is 11.8 Å². The molecule has 13 heteroatoms. The summed E-state index contributed by atoms with van der Waals surface area (Å²) in [5.74, 6) is 0.638. The van der Waals surface area contributed by atoms with Crippen LogP contribution in [0.2, 0.25) is 0 Å². The van der Waals surface area contributed by atoms with Gasteiger partial charge < -0.3 is 26.4 Å². The molecule has 0 amide bonds. The van der Waals surface area contributed by atoms with Gasteiger partial charge in [-0.25, -0.2) is 24.9 Å². The maximum absolute atomic E-state index is 10.4. The molecule has 0 radical (unpaired) electrons.